The molecule has 0 aliphatic carbocycles. The average molecular weight is 183 g/mol. The lowest BCUT2D eigenvalue weighted by Gasteiger charge is -1.92. The second-order valence-electron chi connectivity index (χ2n) is 3.10. The molecule has 0 aliphatic rings. The van der Waals surface area contributed by atoms with Gasteiger partial charge in [-0.1, -0.05) is 40.0 Å². The minimum Gasteiger partial charge on any atom is -0.263 e. The van der Waals surface area contributed by atoms with E-state index in [9.17, 15) is 0 Å². The first-order valence-corrected chi connectivity index (χ1v) is 5.19. The molecule has 3 nitrogen and oxygen atoms in total. The quantitative estimate of drug-likeness (QED) is 0.729. The molecule has 0 saturated heterocycles. The number of hydrogen-bond acceptors (Lipinski definition) is 2. The van der Waals surface area contributed by atoms with Gasteiger partial charge in [-0.15, -0.1) is 0 Å². The van der Waals surface area contributed by atoms with Gasteiger partial charge in [0.25, 0.3) is 0 Å². The molecular weight excluding hydrogens is 162 g/mol. The number of nitrogens with zero attached hydrogens (tertiary/aromatic N) is 2. The van der Waals surface area contributed by atoms with Crippen LogP contribution in [0.25, 0.3) is 0 Å². The summed E-state index contributed by atoms with van der Waals surface area (Å²) < 4.78 is 0. The van der Waals surface area contributed by atoms with Gasteiger partial charge in [-0.3, -0.25) is 5.10 Å². The number of rotatable bonds is 4. The Balaban J connectivity index is 0.000000424. The number of H-pyrrole nitrogens is 1. The monoisotopic (exact) mass is 183 g/mol. The van der Waals surface area contributed by atoms with Gasteiger partial charge in [0.05, 0.1) is 0 Å². The number of aryl methyl sites for hydroxylation is 1. The van der Waals surface area contributed by atoms with Gasteiger partial charge in [-0.2, -0.15) is 5.10 Å². The highest BCUT2D eigenvalue weighted by Gasteiger charge is 1.92. The third-order valence-electron chi connectivity index (χ3n) is 1.48. The number of unbranched alkanes of at least 4 members (excludes halogenated alkanes) is 2. The Bertz CT molecular complexity index is 170. The number of aromatic amines is 1. The molecule has 0 aliphatic heterocycles. The third kappa shape index (κ3) is 7.50. The normalized spacial score (nSPS) is 9.15. The molecule has 76 valence electrons. The van der Waals surface area contributed by atoms with Gasteiger partial charge in [0, 0.05) is 6.42 Å². The predicted molar refractivity (Wildman–Crippen MR) is 55.6 cm³/mol. The number of aromatic nitrogens is 3. The van der Waals surface area contributed by atoms with Crippen LogP contribution in [0.2, 0.25) is 0 Å². The second kappa shape index (κ2) is 9.23. The molecule has 0 amide bonds. The molecule has 0 bridgehead atoms. The first-order chi connectivity index (χ1) is 6.35. The van der Waals surface area contributed by atoms with Crippen LogP contribution in [0, 0.1) is 0 Å². The van der Waals surface area contributed by atoms with Crippen molar-refractivity contribution in [1.29, 1.82) is 0 Å². The summed E-state index contributed by atoms with van der Waals surface area (Å²) >= 11 is 0. The Morgan fingerprint density at radius 2 is 1.92 bits per heavy atom. The lowest BCUT2D eigenvalue weighted by Crippen LogP contribution is -1.87. The molecule has 0 aromatic carbocycles. The standard InChI is InChI=1S/C7H13N3.C3H8/c1-2-3-4-5-7-8-6-9-10-7;1-3-2/h6H,2-5H2,1H3,(H,8,9,10);3H2,1-2H3. The smallest absolute Gasteiger partial charge is 0.137 e. The summed E-state index contributed by atoms with van der Waals surface area (Å²) in [6.07, 6.45) is 7.59. The van der Waals surface area contributed by atoms with Crippen molar-refractivity contribution in [1.82, 2.24) is 15.2 Å². The van der Waals surface area contributed by atoms with Crippen molar-refractivity contribution in [2.45, 2.75) is 52.9 Å². The van der Waals surface area contributed by atoms with Crippen molar-refractivity contribution >= 4 is 0 Å². The van der Waals surface area contributed by atoms with E-state index in [0.717, 1.165) is 12.2 Å². The topological polar surface area (TPSA) is 41.6 Å². The summed E-state index contributed by atoms with van der Waals surface area (Å²) in [4.78, 5) is 4.02. The van der Waals surface area contributed by atoms with E-state index in [-0.39, 0.29) is 0 Å². The van der Waals surface area contributed by atoms with E-state index in [1.807, 2.05) is 0 Å². The van der Waals surface area contributed by atoms with E-state index < -0.39 is 0 Å². The first kappa shape index (κ1) is 12.1. The molecular formula is C10H21N3. The van der Waals surface area contributed by atoms with Gasteiger partial charge in [0.2, 0.25) is 0 Å². The Hall–Kier alpha value is -0.860. The van der Waals surface area contributed by atoms with E-state index >= 15 is 0 Å². The maximum absolute atomic E-state index is 4.02. The largest absolute Gasteiger partial charge is 0.263 e. The fourth-order valence-corrected chi connectivity index (χ4v) is 0.894. The minimum absolute atomic E-state index is 1.01. The van der Waals surface area contributed by atoms with Crippen LogP contribution in [-0.2, 0) is 6.42 Å². The molecule has 13 heavy (non-hydrogen) atoms. The lowest BCUT2D eigenvalue weighted by atomic mass is 10.2. The molecule has 0 radical (unpaired) electrons. The zero-order chi connectivity index (χ0) is 9.94. The summed E-state index contributed by atoms with van der Waals surface area (Å²) in [6.45, 7) is 6.44. The van der Waals surface area contributed by atoms with Crippen molar-refractivity contribution in [3.05, 3.63) is 12.2 Å². The van der Waals surface area contributed by atoms with Gasteiger partial charge in [0.1, 0.15) is 12.2 Å². The van der Waals surface area contributed by atoms with Crippen LogP contribution < -0.4 is 0 Å². The Morgan fingerprint density at radius 1 is 1.23 bits per heavy atom. The van der Waals surface area contributed by atoms with Crippen molar-refractivity contribution in [3.63, 3.8) is 0 Å². The van der Waals surface area contributed by atoms with Crippen molar-refractivity contribution in [2.24, 2.45) is 0 Å². The SMILES string of the molecule is CCC.CCCCCc1ncn[nH]1. The Kier molecular flexibility index (Phi) is 8.62. The molecule has 1 heterocycles. The molecule has 3 heteroatoms. The third-order valence-corrected chi connectivity index (χ3v) is 1.48. The fraction of sp³-hybridized carbons (Fsp3) is 0.800. The highest BCUT2D eigenvalue weighted by atomic mass is 15.2. The van der Waals surface area contributed by atoms with E-state index in [2.05, 4.69) is 36.0 Å². The van der Waals surface area contributed by atoms with Crippen LogP contribution in [0.4, 0.5) is 0 Å². The van der Waals surface area contributed by atoms with Crippen LogP contribution in [0.5, 0.6) is 0 Å². The zero-order valence-electron chi connectivity index (χ0n) is 9.01. The van der Waals surface area contributed by atoms with Crippen LogP contribution in [-0.4, -0.2) is 15.2 Å². The summed E-state index contributed by atoms with van der Waals surface area (Å²) in [6, 6.07) is 0. The second-order valence-corrected chi connectivity index (χ2v) is 3.10. The van der Waals surface area contributed by atoms with Crippen molar-refractivity contribution in [2.75, 3.05) is 0 Å². The van der Waals surface area contributed by atoms with Crippen LogP contribution in [0.3, 0.4) is 0 Å². The van der Waals surface area contributed by atoms with Crippen LogP contribution >= 0.6 is 0 Å². The van der Waals surface area contributed by atoms with Crippen LogP contribution in [0.1, 0.15) is 52.3 Å². The maximum Gasteiger partial charge on any atom is 0.137 e. The van der Waals surface area contributed by atoms with Crippen molar-refractivity contribution < 1.29 is 0 Å². The molecule has 0 fully saturated rings. The molecule has 0 spiro atoms. The molecule has 0 saturated carbocycles. The van der Waals surface area contributed by atoms with Gasteiger partial charge in [-0.05, 0) is 6.42 Å². The summed E-state index contributed by atoms with van der Waals surface area (Å²) in [7, 11) is 0. The summed E-state index contributed by atoms with van der Waals surface area (Å²) in [5.74, 6) is 1.01. The minimum atomic E-state index is 1.01. The average Bonchev–Trinajstić information content (AvgIpc) is 2.59. The lowest BCUT2D eigenvalue weighted by molar-refractivity contribution is 0.695. The van der Waals surface area contributed by atoms with E-state index in [1.165, 1.54) is 25.7 Å². The maximum atomic E-state index is 4.02. The Morgan fingerprint density at radius 3 is 2.38 bits per heavy atom. The van der Waals surface area contributed by atoms with Gasteiger partial charge >= 0.3 is 0 Å². The molecule has 1 N–H and O–H groups in total. The first-order valence-electron chi connectivity index (χ1n) is 5.19. The highest BCUT2D eigenvalue weighted by Crippen LogP contribution is 1.99. The van der Waals surface area contributed by atoms with Gasteiger partial charge in [-0.25, -0.2) is 4.98 Å². The summed E-state index contributed by atoms with van der Waals surface area (Å²) in [5.41, 5.74) is 0. The van der Waals surface area contributed by atoms with E-state index in [1.54, 1.807) is 6.33 Å². The van der Waals surface area contributed by atoms with E-state index in [4.69, 9.17) is 0 Å². The predicted octanol–water partition coefficient (Wildman–Crippen LogP) is 2.95. The molecule has 1 aromatic rings. The number of hydrogen-bond donors (Lipinski definition) is 1. The molecule has 1 rings (SSSR count). The van der Waals surface area contributed by atoms with Crippen molar-refractivity contribution in [3.8, 4) is 0 Å². The number of nitrogens with one attached hydrogen (secondary N) is 1. The summed E-state index contributed by atoms with van der Waals surface area (Å²) in [5, 5.41) is 6.60. The molecule has 0 atom stereocenters. The zero-order valence-corrected chi connectivity index (χ0v) is 9.01. The fourth-order valence-electron chi connectivity index (χ4n) is 0.894. The van der Waals surface area contributed by atoms with E-state index in [0.29, 0.717) is 0 Å². The molecule has 1 aromatic heterocycles. The van der Waals surface area contributed by atoms with Crippen LogP contribution in [0.15, 0.2) is 6.33 Å². The Labute approximate surface area is 81.0 Å². The highest BCUT2D eigenvalue weighted by molar-refractivity contribution is 4.78. The van der Waals surface area contributed by atoms with Gasteiger partial charge < -0.3 is 0 Å². The van der Waals surface area contributed by atoms with Gasteiger partial charge in [0.15, 0.2) is 0 Å². The molecule has 0 unspecified atom stereocenters.